The minimum absolute atomic E-state index is 0.000489. The molecule has 5 aliphatic rings. The molecule has 3 saturated heterocycles. The molecule has 0 aromatic carbocycles. The summed E-state index contributed by atoms with van der Waals surface area (Å²) < 4.78 is 17.1. The molecule has 0 bridgehead atoms. The molecule has 2 aliphatic carbocycles. The number of likely N-dealkylation sites (tertiary alicyclic amines) is 1. The van der Waals surface area contributed by atoms with Crippen LogP contribution >= 0.6 is 0 Å². The fourth-order valence-corrected chi connectivity index (χ4v) is 7.06. The van der Waals surface area contributed by atoms with Crippen LogP contribution in [0.4, 0.5) is 0 Å². The Morgan fingerprint density at radius 3 is 2.72 bits per heavy atom. The van der Waals surface area contributed by atoms with Crippen LogP contribution < -0.4 is 0 Å². The topological polar surface area (TPSA) is 68.4 Å². The van der Waals surface area contributed by atoms with Crippen molar-refractivity contribution in [2.75, 3.05) is 32.8 Å². The molecule has 3 aliphatic heterocycles. The van der Waals surface area contributed by atoms with Gasteiger partial charge in [0, 0.05) is 12.5 Å². The summed E-state index contributed by atoms with van der Waals surface area (Å²) >= 11 is 0. The first-order valence-electron chi connectivity index (χ1n) is 11.7. The Morgan fingerprint density at radius 2 is 2.03 bits per heavy atom. The van der Waals surface area contributed by atoms with E-state index in [1.807, 2.05) is 6.92 Å². The minimum atomic E-state index is -0.0638. The molecule has 0 aromatic rings. The lowest BCUT2D eigenvalue weighted by molar-refractivity contribution is -0.150. The number of rotatable bonds is 4. The monoisotopic (exact) mass is 405 g/mol. The summed E-state index contributed by atoms with van der Waals surface area (Å²) in [5.74, 6) is 0.811. The summed E-state index contributed by atoms with van der Waals surface area (Å²) in [6.45, 7) is 8.10. The first-order chi connectivity index (χ1) is 13.9. The number of fused-ring (bicyclic) bond motifs is 3. The fraction of sp³-hybridized carbons (Fsp3) is 0.913. The SMILES string of the molecule is CCOC(=O)C1CCN(C[C@@H]2C(=O)O[C@@H]3C[C@@]4(C)CCC[C@@]5(CO5)[C@@H]4C[C@H]23)CC1. The van der Waals surface area contributed by atoms with Crippen molar-refractivity contribution in [1.29, 1.82) is 0 Å². The molecule has 0 aromatic heterocycles. The molecule has 29 heavy (non-hydrogen) atoms. The lowest BCUT2D eigenvalue weighted by Gasteiger charge is -2.51. The van der Waals surface area contributed by atoms with Gasteiger partial charge in [0.15, 0.2) is 0 Å². The van der Waals surface area contributed by atoms with E-state index in [2.05, 4.69) is 11.8 Å². The van der Waals surface area contributed by atoms with Crippen molar-refractivity contribution in [3.8, 4) is 0 Å². The smallest absolute Gasteiger partial charge is 0.310 e. The molecule has 3 heterocycles. The van der Waals surface area contributed by atoms with Gasteiger partial charge in [0.2, 0.25) is 0 Å². The van der Waals surface area contributed by atoms with Crippen molar-refractivity contribution in [3.05, 3.63) is 0 Å². The van der Waals surface area contributed by atoms with Crippen LogP contribution in [-0.2, 0) is 23.8 Å². The molecule has 1 spiro atoms. The highest BCUT2D eigenvalue weighted by molar-refractivity contribution is 5.76. The van der Waals surface area contributed by atoms with Gasteiger partial charge in [-0.1, -0.05) is 6.92 Å². The van der Waals surface area contributed by atoms with E-state index in [4.69, 9.17) is 14.2 Å². The Labute approximate surface area is 173 Å². The number of esters is 2. The average Bonchev–Trinajstić information content (AvgIpc) is 3.40. The molecule has 6 atom stereocenters. The van der Waals surface area contributed by atoms with Gasteiger partial charge < -0.3 is 19.1 Å². The van der Waals surface area contributed by atoms with Gasteiger partial charge in [-0.05, 0) is 76.3 Å². The molecule has 0 radical (unpaired) electrons. The number of carbonyl (C=O) groups excluding carboxylic acids is 2. The molecule has 162 valence electrons. The average molecular weight is 406 g/mol. The highest BCUT2D eigenvalue weighted by Gasteiger charge is 2.65. The van der Waals surface area contributed by atoms with Gasteiger partial charge in [0.05, 0.1) is 30.7 Å². The van der Waals surface area contributed by atoms with Gasteiger partial charge >= 0.3 is 11.9 Å². The van der Waals surface area contributed by atoms with Crippen molar-refractivity contribution < 1.29 is 23.8 Å². The number of ether oxygens (including phenoxy) is 3. The Morgan fingerprint density at radius 1 is 1.28 bits per heavy atom. The second-order valence-electron chi connectivity index (χ2n) is 10.4. The second-order valence-corrected chi connectivity index (χ2v) is 10.4. The van der Waals surface area contributed by atoms with Crippen LogP contribution in [0.1, 0.15) is 58.8 Å². The standard InChI is InChI=1S/C23H35NO5/c1-3-27-20(25)15-5-9-24(10-6-15)13-17-16-11-19-22(2,12-18(16)29-21(17)26)7-4-8-23(19)14-28-23/h15-19H,3-14H2,1-2H3/t16-,17+,18-,19-,22-,23-/m1/s1. The highest BCUT2D eigenvalue weighted by Crippen LogP contribution is 2.62. The third-order valence-electron chi connectivity index (χ3n) is 8.74. The summed E-state index contributed by atoms with van der Waals surface area (Å²) in [5, 5.41) is 0. The van der Waals surface area contributed by atoms with E-state index in [9.17, 15) is 9.59 Å². The molecule has 5 fully saturated rings. The maximum atomic E-state index is 12.8. The Hall–Kier alpha value is -1.14. The molecule has 6 heteroatoms. The van der Waals surface area contributed by atoms with Crippen LogP contribution in [0.15, 0.2) is 0 Å². The predicted octanol–water partition coefficient (Wildman–Crippen LogP) is 2.79. The van der Waals surface area contributed by atoms with Crippen molar-refractivity contribution in [2.45, 2.75) is 70.5 Å². The van der Waals surface area contributed by atoms with Gasteiger partial charge in [-0.3, -0.25) is 9.59 Å². The Bertz CT molecular complexity index is 668. The van der Waals surface area contributed by atoms with Gasteiger partial charge in [-0.2, -0.15) is 0 Å². The van der Waals surface area contributed by atoms with Gasteiger partial charge in [-0.15, -0.1) is 0 Å². The molecule has 0 unspecified atom stereocenters. The zero-order chi connectivity index (χ0) is 20.2. The summed E-state index contributed by atoms with van der Waals surface area (Å²) in [4.78, 5) is 27.2. The van der Waals surface area contributed by atoms with E-state index in [0.29, 0.717) is 18.4 Å². The molecular weight excluding hydrogens is 370 g/mol. The zero-order valence-corrected chi connectivity index (χ0v) is 17.9. The first-order valence-corrected chi connectivity index (χ1v) is 11.7. The maximum Gasteiger partial charge on any atom is 0.310 e. The van der Waals surface area contributed by atoms with E-state index in [1.165, 1.54) is 19.3 Å². The van der Waals surface area contributed by atoms with E-state index < -0.39 is 0 Å². The molecular formula is C23H35NO5. The number of carbonyl (C=O) groups is 2. The van der Waals surface area contributed by atoms with E-state index in [-0.39, 0.29) is 40.9 Å². The quantitative estimate of drug-likeness (QED) is 0.529. The van der Waals surface area contributed by atoms with Crippen LogP contribution in [0, 0.1) is 29.1 Å². The van der Waals surface area contributed by atoms with Crippen molar-refractivity contribution >= 4 is 11.9 Å². The third-order valence-corrected chi connectivity index (χ3v) is 8.74. The van der Waals surface area contributed by atoms with Crippen molar-refractivity contribution in [2.24, 2.45) is 29.1 Å². The lowest BCUT2D eigenvalue weighted by atomic mass is 9.53. The Kier molecular flexibility index (Phi) is 4.93. The van der Waals surface area contributed by atoms with Gasteiger partial charge in [0.25, 0.3) is 0 Å². The third kappa shape index (κ3) is 3.40. The second kappa shape index (κ2) is 7.23. The lowest BCUT2D eigenvalue weighted by Crippen LogP contribution is -2.51. The Balaban J connectivity index is 1.23. The number of piperidine rings is 1. The van der Waals surface area contributed by atoms with Crippen molar-refractivity contribution in [3.63, 3.8) is 0 Å². The van der Waals surface area contributed by atoms with Crippen LogP contribution in [0.25, 0.3) is 0 Å². The highest BCUT2D eigenvalue weighted by atomic mass is 16.6. The number of epoxide rings is 1. The van der Waals surface area contributed by atoms with Gasteiger partial charge in [0.1, 0.15) is 6.10 Å². The number of nitrogens with zero attached hydrogens (tertiary/aromatic N) is 1. The predicted molar refractivity (Wildman–Crippen MR) is 106 cm³/mol. The van der Waals surface area contributed by atoms with E-state index >= 15 is 0 Å². The van der Waals surface area contributed by atoms with Gasteiger partial charge in [-0.25, -0.2) is 0 Å². The molecule has 0 N–H and O–H groups in total. The first kappa shape index (κ1) is 19.8. The summed E-state index contributed by atoms with van der Waals surface area (Å²) in [5.41, 5.74) is 0.356. The van der Waals surface area contributed by atoms with Crippen LogP contribution in [0.5, 0.6) is 0 Å². The molecule has 2 saturated carbocycles. The minimum Gasteiger partial charge on any atom is -0.466 e. The largest absolute Gasteiger partial charge is 0.466 e. The zero-order valence-electron chi connectivity index (χ0n) is 17.9. The summed E-state index contributed by atoms with van der Waals surface area (Å²) in [6, 6.07) is 0. The van der Waals surface area contributed by atoms with E-state index in [0.717, 1.165) is 51.9 Å². The summed E-state index contributed by atoms with van der Waals surface area (Å²) in [7, 11) is 0. The molecule has 5 rings (SSSR count). The van der Waals surface area contributed by atoms with E-state index in [1.54, 1.807) is 0 Å². The normalized spacial score (nSPS) is 44.8. The number of hydrogen-bond acceptors (Lipinski definition) is 6. The van der Waals surface area contributed by atoms with Crippen molar-refractivity contribution in [1.82, 2.24) is 4.90 Å². The number of hydrogen-bond donors (Lipinski definition) is 0. The van der Waals surface area contributed by atoms with Crippen LogP contribution in [-0.4, -0.2) is 61.4 Å². The maximum absolute atomic E-state index is 12.8. The molecule has 0 amide bonds. The molecule has 6 nitrogen and oxygen atoms in total. The van der Waals surface area contributed by atoms with Crippen LogP contribution in [0.3, 0.4) is 0 Å². The fourth-order valence-electron chi connectivity index (χ4n) is 7.06. The summed E-state index contributed by atoms with van der Waals surface area (Å²) in [6.07, 6.45) is 7.45. The van der Waals surface area contributed by atoms with Crippen LogP contribution in [0.2, 0.25) is 0 Å².